The van der Waals surface area contributed by atoms with E-state index in [0.29, 0.717) is 11.1 Å². The molecular weight excluding hydrogens is 295 g/mol. The highest BCUT2D eigenvalue weighted by Crippen LogP contribution is 2.27. The molecule has 0 saturated heterocycles. The first-order valence-corrected chi connectivity index (χ1v) is 6.51. The van der Waals surface area contributed by atoms with Gasteiger partial charge in [0.2, 0.25) is 5.91 Å². The summed E-state index contributed by atoms with van der Waals surface area (Å²) in [5.74, 6) is -1.10. The van der Waals surface area contributed by atoms with Gasteiger partial charge in [0, 0.05) is 5.56 Å². The van der Waals surface area contributed by atoms with Crippen LogP contribution in [0.4, 0.5) is 13.2 Å². The predicted octanol–water partition coefficient (Wildman–Crippen LogP) is 2.82. The molecule has 3 N–H and O–H groups in total. The van der Waals surface area contributed by atoms with Crippen LogP contribution in [0.2, 0.25) is 0 Å². The number of nitrogens with two attached hydrogens (primary N) is 1. The van der Waals surface area contributed by atoms with Crippen molar-refractivity contribution in [2.45, 2.75) is 19.0 Å². The minimum atomic E-state index is -2.88. The van der Waals surface area contributed by atoms with Gasteiger partial charge in [0.1, 0.15) is 11.9 Å². The van der Waals surface area contributed by atoms with Gasteiger partial charge in [0.25, 0.3) is 6.43 Å². The van der Waals surface area contributed by atoms with Gasteiger partial charge in [-0.15, -0.1) is 0 Å². The molecule has 22 heavy (non-hydrogen) atoms. The highest BCUT2D eigenvalue weighted by molar-refractivity contribution is 5.77. The lowest BCUT2D eigenvalue weighted by atomic mass is 9.99. The number of benzene rings is 2. The van der Waals surface area contributed by atoms with Gasteiger partial charge in [-0.1, -0.05) is 36.4 Å². The van der Waals surface area contributed by atoms with E-state index in [0.717, 1.165) is 0 Å². The fraction of sp³-hybridized carbons (Fsp3) is 0.188. The molecule has 1 unspecified atom stereocenters. The minimum absolute atomic E-state index is 0.0588. The molecule has 1 atom stereocenters. The van der Waals surface area contributed by atoms with Crippen molar-refractivity contribution in [3.8, 4) is 11.1 Å². The summed E-state index contributed by atoms with van der Waals surface area (Å²) in [5.41, 5.74) is 6.31. The Morgan fingerprint density at radius 2 is 1.77 bits per heavy atom. The summed E-state index contributed by atoms with van der Waals surface area (Å²) in [7, 11) is 0. The summed E-state index contributed by atoms with van der Waals surface area (Å²) in [6.07, 6.45) is -4.80. The normalized spacial score (nSPS) is 12.4. The lowest BCUT2D eigenvalue weighted by molar-refractivity contribution is -0.117. The Bertz CT molecular complexity index is 672. The van der Waals surface area contributed by atoms with Crippen LogP contribution in [0.25, 0.3) is 11.1 Å². The van der Waals surface area contributed by atoms with Crippen molar-refractivity contribution >= 4 is 5.91 Å². The van der Waals surface area contributed by atoms with Gasteiger partial charge in [-0.2, -0.15) is 0 Å². The predicted molar refractivity (Wildman–Crippen MR) is 75.7 cm³/mol. The largest absolute Gasteiger partial charge is 0.382 e. The summed E-state index contributed by atoms with van der Waals surface area (Å²) in [6, 6.07) is 9.82. The summed E-state index contributed by atoms with van der Waals surface area (Å²) in [4.78, 5) is 10.8. The maximum absolute atomic E-state index is 14.1. The fourth-order valence-electron chi connectivity index (χ4n) is 2.11. The van der Waals surface area contributed by atoms with Crippen LogP contribution in [-0.2, 0) is 11.2 Å². The molecule has 116 valence electrons. The Morgan fingerprint density at radius 1 is 1.14 bits per heavy atom. The van der Waals surface area contributed by atoms with E-state index in [9.17, 15) is 23.1 Å². The quantitative estimate of drug-likeness (QED) is 0.892. The molecule has 0 bridgehead atoms. The molecule has 0 saturated carbocycles. The Morgan fingerprint density at radius 3 is 2.27 bits per heavy atom. The van der Waals surface area contributed by atoms with E-state index >= 15 is 0 Å². The van der Waals surface area contributed by atoms with E-state index in [-0.39, 0.29) is 17.5 Å². The topological polar surface area (TPSA) is 63.3 Å². The Kier molecular flexibility index (Phi) is 4.82. The van der Waals surface area contributed by atoms with Crippen molar-refractivity contribution in [1.82, 2.24) is 0 Å². The van der Waals surface area contributed by atoms with E-state index in [1.807, 2.05) is 0 Å². The number of carbonyl (C=O) groups is 1. The Hall–Kier alpha value is -2.34. The number of halogens is 3. The van der Waals surface area contributed by atoms with Crippen LogP contribution in [0.15, 0.2) is 42.5 Å². The van der Waals surface area contributed by atoms with Gasteiger partial charge < -0.3 is 10.8 Å². The third kappa shape index (κ3) is 3.65. The fourth-order valence-corrected chi connectivity index (χ4v) is 2.11. The second-order valence-electron chi connectivity index (χ2n) is 4.86. The summed E-state index contributed by atoms with van der Waals surface area (Å²) < 4.78 is 38.9. The summed E-state index contributed by atoms with van der Waals surface area (Å²) in [5, 5.41) is 9.27. The molecule has 0 aliphatic carbocycles. The molecule has 2 rings (SSSR count). The number of carbonyl (C=O) groups excluding carboxylic acids is 1. The number of hydrogen-bond donors (Lipinski definition) is 2. The molecule has 0 aromatic heterocycles. The first-order chi connectivity index (χ1) is 10.4. The molecule has 0 aliphatic rings. The number of alkyl halides is 2. The third-order valence-corrected chi connectivity index (χ3v) is 3.21. The number of aliphatic hydroxyl groups excluding tert-OH is 1. The van der Waals surface area contributed by atoms with E-state index in [4.69, 9.17) is 5.73 Å². The molecule has 0 spiro atoms. The average molecular weight is 309 g/mol. The average Bonchev–Trinajstić information content (AvgIpc) is 2.46. The third-order valence-electron chi connectivity index (χ3n) is 3.21. The zero-order chi connectivity index (χ0) is 16.3. The van der Waals surface area contributed by atoms with E-state index in [1.165, 1.54) is 36.4 Å². The van der Waals surface area contributed by atoms with Gasteiger partial charge in [0.05, 0.1) is 6.42 Å². The van der Waals surface area contributed by atoms with Gasteiger partial charge in [0.15, 0.2) is 0 Å². The number of aliphatic hydroxyl groups is 1. The van der Waals surface area contributed by atoms with E-state index in [1.54, 1.807) is 6.07 Å². The standard InChI is InChI=1S/C16H14F3NO2/c17-13-7-9(8-14(20)21)1-6-12(13)10-2-4-11(5-3-10)15(22)16(18)19/h1-7,15-16,22H,8H2,(H2,20,21). The van der Waals surface area contributed by atoms with Crippen LogP contribution in [0.1, 0.15) is 17.2 Å². The lowest BCUT2D eigenvalue weighted by Crippen LogP contribution is -2.13. The molecule has 0 fully saturated rings. The Balaban J connectivity index is 2.27. The van der Waals surface area contributed by atoms with Crippen LogP contribution in [0.3, 0.4) is 0 Å². The smallest absolute Gasteiger partial charge is 0.268 e. The minimum Gasteiger partial charge on any atom is -0.382 e. The van der Waals surface area contributed by atoms with Gasteiger partial charge in [-0.05, 0) is 22.8 Å². The second kappa shape index (κ2) is 6.62. The van der Waals surface area contributed by atoms with Gasteiger partial charge in [-0.3, -0.25) is 4.79 Å². The van der Waals surface area contributed by atoms with Crippen molar-refractivity contribution in [3.63, 3.8) is 0 Å². The number of rotatable bonds is 5. The second-order valence-corrected chi connectivity index (χ2v) is 4.86. The maximum atomic E-state index is 14.1. The van der Waals surface area contributed by atoms with Crippen LogP contribution < -0.4 is 5.73 Å². The van der Waals surface area contributed by atoms with Crippen molar-refractivity contribution < 1.29 is 23.1 Å². The van der Waals surface area contributed by atoms with Crippen molar-refractivity contribution in [1.29, 1.82) is 0 Å². The number of amides is 1. The monoisotopic (exact) mass is 309 g/mol. The van der Waals surface area contributed by atoms with Crippen molar-refractivity contribution in [3.05, 3.63) is 59.4 Å². The molecule has 6 heteroatoms. The first kappa shape index (κ1) is 16.0. The zero-order valence-corrected chi connectivity index (χ0v) is 11.5. The van der Waals surface area contributed by atoms with E-state index in [2.05, 4.69) is 0 Å². The molecule has 2 aromatic carbocycles. The van der Waals surface area contributed by atoms with Crippen molar-refractivity contribution in [2.75, 3.05) is 0 Å². The van der Waals surface area contributed by atoms with Crippen LogP contribution in [0.5, 0.6) is 0 Å². The highest BCUT2D eigenvalue weighted by atomic mass is 19.3. The zero-order valence-electron chi connectivity index (χ0n) is 11.5. The summed E-state index contributed by atoms with van der Waals surface area (Å²) >= 11 is 0. The van der Waals surface area contributed by atoms with Crippen molar-refractivity contribution in [2.24, 2.45) is 5.73 Å². The number of hydrogen-bond acceptors (Lipinski definition) is 2. The first-order valence-electron chi connectivity index (χ1n) is 6.51. The van der Waals surface area contributed by atoms with Gasteiger partial charge >= 0.3 is 0 Å². The van der Waals surface area contributed by atoms with E-state index < -0.39 is 24.3 Å². The van der Waals surface area contributed by atoms with Gasteiger partial charge in [-0.25, -0.2) is 13.2 Å². The Labute approximate surface area is 125 Å². The molecule has 3 nitrogen and oxygen atoms in total. The number of primary amides is 1. The van der Waals surface area contributed by atoms with Crippen LogP contribution in [0, 0.1) is 5.82 Å². The molecule has 0 radical (unpaired) electrons. The molecule has 2 aromatic rings. The lowest BCUT2D eigenvalue weighted by Gasteiger charge is -2.11. The molecule has 0 aliphatic heterocycles. The molecule has 1 amide bonds. The summed E-state index contributed by atoms with van der Waals surface area (Å²) in [6.45, 7) is 0. The molecular formula is C16H14F3NO2. The van der Waals surface area contributed by atoms with Crippen LogP contribution >= 0.6 is 0 Å². The van der Waals surface area contributed by atoms with Crippen LogP contribution in [-0.4, -0.2) is 17.4 Å². The maximum Gasteiger partial charge on any atom is 0.268 e. The molecule has 0 heterocycles. The highest BCUT2D eigenvalue weighted by Gasteiger charge is 2.19. The SMILES string of the molecule is NC(=O)Cc1ccc(-c2ccc(C(O)C(F)F)cc2)c(F)c1.